The summed E-state index contributed by atoms with van der Waals surface area (Å²) in [6.07, 6.45) is 0. The molecule has 7 aromatic rings. The number of furan rings is 1. The van der Waals surface area contributed by atoms with Crippen LogP contribution in [0.25, 0.3) is 67.4 Å². The Hall–Kier alpha value is -5.45. The lowest BCUT2D eigenvalue weighted by molar-refractivity contribution is 0.653. The molecule has 3 heterocycles. The van der Waals surface area contributed by atoms with Crippen molar-refractivity contribution in [3.8, 4) is 51.4 Å². The zero-order chi connectivity index (χ0) is 27.1. The third kappa shape index (κ3) is 4.13. The lowest BCUT2D eigenvalue weighted by atomic mass is 10.00. The van der Waals surface area contributed by atoms with Crippen LogP contribution in [0.15, 0.2) is 108 Å². The highest BCUT2D eigenvalue weighted by atomic mass is 35.5. The predicted molar refractivity (Wildman–Crippen MR) is 154 cm³/mol. The Labute approximate surface area is 233 Å². The monoisotopic (exact) mass is 536 g/mol. The van der Waals surface area contributed by atoms with Gasteiger partial charge in [-0.1, -0.05) is 97.1 Å². The van der Waals surface area contributed by atoms with Crippen LogP contribution in [0.2, 0.25) is 5.28 Å². The van der Waals surface area contributed by atoms with Gasteiger partial charge in [0.15, 0.2) is 23.2 Å². The van der Waals surface area contributed by atoms with Gasteiger partial charge < -0.3 is 4.42 Å². The normalized spacial score (nSPS) is 11.1. The Morgan fingerprint density at radius 3 is 1.82 bits per heavy atom. The van der Waals surface area contributed by atoms with Crippen molar-refractivity contribution in [1.29, 1.82) is 5.26 Å². The van der Waals surface area contributed by atoms with Crippen LogP contribution >= 0.6 is 11.6 Å². The zero-order valence-corrected chi connectivity index (χ0v) is 21.5. The Kier molecular flexibility index (Phi) is 5.73. The Morgan fingerprint density at radius 2 is 1.18 bits per heavy atom. The molecule has 0 atom stereocenters. The molecule has 8 heteroatoms. The topological polar surface area (TPSA) is 101 Å². The van der Waals surface area contributed by atoms with E-state index >= 15 is 0 Å². The smallest absolute Gasteiger partial charge is 0.233 e. The average Bonchev–Trinajstić information content (AvgIpc) is 3.40. The van der Waals surface area contributed by atoms with E-state index in [2.05, 4.69) is 16.0 Å². The maximum atomic E-state index is 9.64. The fraction of sp³-hybridized carbons (Fsp3) is 0. The molecule has 7 rings (SSSR count). The van der Waals surface area contributed by atoms with Gasteiger partial charge in [-0.05, 0) is 23.2 Å². The van der Waals surface area contributed by atoms with E-state index < -0.39 is 0 Å². The fourth-order valence-electron chi connectivity index (χ4n) is 4.74. The highest BCUT2D eigenvalue weighted by molar-refractivity contribution is 6.28. The summed E-state index contributed by atoms with van der Waals surface area (Å²) < 4.78 is 6.13. The summed E-state index contributed by atoms with van der Waals surface area (Å²) in [5, 5.41) is 10.9. The molecular weight excluding hydrogens is 520 g/mol. The van der Waals surface area contributed by atoms with Crippen LogP contribution in [0.4, 0.5) is 0 Å². The number of nitriles is 1. The van der Waals surface area contributed by atoms with Gasteiger partial charge in [-0.15, -0.1) is 0 Å². The number of halogens is 1. The second-order valence-corrected chi connectivity index (χ2v) is 9.37. The van der Waals surface area contributed by atoms with E-state index in [1.807, 2.05) is 103 Å². The molecule has 0 radical (unpaired) electrons. The quantitative estimate of drug-likeness (QED) is 0.212. The number of fused-ring (bicyclic) bond motifs is 3. The molecule has 0 bridgehead atoms. The number of nitrogens with zero attached hydrogens (tertiary/aromatic N) is 6. The second kappa shape index (κ2) is 9.70. The van der Waals surface area contributed by atoms with Gasteiger partial charge in [0.2, 0.25) is 11.0 Å². The van der Waals surface area contributed by atoms with Crippen LogP contribution in [-0.4, -0.2) is 24.9 Å². The minimum atomic E-state index is -0.0371. The second-order valence-electron chi connectivity index (χ2n) is 9.04. The molecule has 0 aliphatic rings. The number of benzene rings is 4. The maximum absolute atomic E-state index is 9.64. The molecular formula is C32H17ClN6O. The Balaban J connectivity index is 1.41. The average molecular weight is 537 g/mol. The van der Waals surface area contributed by atoms with Crippen molar-refractivity contribution < 1.29 is 4.42 Å². The van der Waals surface area contributed by atoms with E-state index in [0.717, 1.165) is 33.2 Å². The summed E-state index contributed by atoms with van der Waals surface area (Å²) in [4.78, 5) is 22.8. The van der Waals surface area contributed by atoms with E-state index in [-0.39, 0.29) is 16.7 Å². The minimum absolute atomic E-state index is 0.0371. The van der Waals surface area contributed by atoms with Gasteiger partial charge in [0.05, 0.1) is 5.39 Å². The van der Waals surface area contributed by atoms with E-state index in [4.69, 9.17) is 31.0 Å². The first-order chi connectivity index (χ1) is 19.7. The van der Waals surface area contributed by atoms with E-state index in [9.17, 15) is 5.26 Å². The van der Waals surface area contributed by atoms with Crippen molar-refractivity contribution in [2.45, 2.75) is 0 Å². The van der Waals surface area contributed by atoms with Crippen LogP contribution in [0.5, 0.6) is 0 Å². The summed E-state index contributed by atoms with van der Waals surface area (Å²) in [7, 11) is 0. The first-order valence-electron chi connectivity index (χ1n) is 12.4. The van der Waals surface area contributed by atoms with Gasteiger partial charge in [0, 0.05) is 27.6 Å². The summed E-state index contributed by atoms with van der Waals surface area (Å²) in [6.45, 7) is 0. The van der Waals surface area contributed by atoms with E-state index in [1.165, 1.54) is 0 Å². The van der Waals surface area contributed by atoms with Gasteiger partial charge in [0.25, 0.3) is 0 Å². The summed E-state index contributed by atoms with van der Waals surface area (Å²) in [6, 6.07) is 35.5. The predicted octanol–water partition coefficient (Wildman–Crippen LogP) is 7.75. The third-order valence-corrected chi connectivity index (χ3v) is 6.74. The molecule has 0 saturated carbocycles. The Bertz CT molecular complexity index is 2030. The first-order valence-corrected chi connectivity index (χ1v) is 12.8. The molecule has 0 unspecified atom stereocenters. The summed E-state index contributed by atoms with van der Waals surface area (Å²) in [5.74, 6) is 1.73. The number of hydrogen-bond acceptors (Lipinski definition) is 7. The fourth-order valence-corrected chi connectivity index (χ4v) is 4.90. The molecule has 7 nitrogen and oxygen atoms in total. The molecule has 40 heavy (non-hydrogen) atoms. The molecule has 0 amide bonds. The standard InChI is InChI=1S/C32H17ClN6O/c33-32-35-25(18-34)26-24-16-8-15-23(27(24)40-31(26)39-32)21-13-7-14-22(17-21)30-37-28(19-9-3-1-4-10-19)36-29(38-30)20-11-5-2-6-12-20/h1-17H. The highest BCUT2D eigenvalue weighted by Crippen LogP contribution is 2.37. The van der Waals surface area contributed by atoms with Crippen LogP contribution in [0, 0.1) is 11.3 Å². The molecule has 0 N–H and O–H groups in total. The van der Waals surface area contributed by atoms with Crippen molar-refractivity contribution >= 4 is 33.7 Å². The van der Waals surface area contributed by atoms with Gasteiger partial charge in [-0.3, -0.25) is 0 Å². The van der Waals surface area contributed by atoms with Crippen molar-refractivity contribution in [2.75, 3.05) is 0 Å². The zero-order valence-electron chi connectivity index (χ0n) is 20.8. The molecule has 0 aliphatic carbocycles. The van der Waals surface area contributed by atoms with Crippen LogP contribution < -0.4 is 0 Å². The SMILES string of the molecule is N#Cc1nc(Cl)nc2oc3c(-c4cccc(-c5nc(-c6ccccc6)nc(-c6ccccc6)n5)c4)cccc3c12. The molecule has 0 saturated heterocycles. The maximum Gasteiger partial charge on any atom is 0.233 e. The number of para-hydroxylation sites is 1. The molecule has 4 aromatic carbocycles. The van der Waals surface area contributed by atoms with Crippen molar-refractivity contribution in [3.63, 3.8) is 0 Å². The van der Waals surface area contributed by atoms with Crippen molar-refractivity contribution in [3.05, 3.63) is 114 Å². The van der Waals surface area contributed by atoms with Crippen molar-refractivity contribution in [2.24, 2.45) is 0 Å². The number of aromatic nitrogens is 5. The third-order valence-electron chi connectivity index (χ3n) is 6.57. The molecule has 3 aromatic heterocycles. The van der Waals surface area contributed by atoms with Gasteiger partial charge in [0.1, 0.15) is 11.7 Å². The molecule has 0 aliphatic heterocycles. The van der Waals surface area contributed by atoms with Gasteiger partial charge >= 0.3 is 0 Å². The lowest BCUT2D eigenvalue weighted by Crippen LogP contribution is -2.00. The summed E-state index contributed by atoms with van der Waals surface area (Å²) >= 11 is 6.04. The summed E-state index contributed by atoms with van der Waals surface area (Å²) in [5.41, 5.74) is 5.38. The molecule has 0 fully saturated rings. The largest absolute Gasteiger partial charge is 0.437 e. The van der Waals surface area contributed by atoms with Crippen molar-refractivity contribution in [1.82, 2.24) is 24.9 Å². The van der Waals surface area contributed by atoms with Gasteiger partial charge in [-0.25, -0.2) is 19.9 Å². The van der Waals surface area contributed by atoms with Crippen LogP contribution in [0.1, 0.15) is 5.69 Å². The van der Waals surface area contributed by atoms with Crippen LogP contribution in [-0.2, 0) is 0 Å². The van der Waals surface area contributed by atoms with Crippen LogP contribution in [0.3, 0.4) is 0 Å². The molecule has 188 valence electrons. The molecule has 0 spiro atoms. The number of hydrogen-bond donors (Lipinski definition) is 0. The highest BCUT2D eigenvalue weighted by Gasteiger charge is 2.19. The van der Waals surface area contributed by atoms with E-state index in [1.54, 1.807) is 0 Å². The van der Waals surface area contributed by atoms with E-state index in [0.29, 0.717) is 28.4 Å². The number of rotatable bonds is 4. The lowest BCUT2D eigenvalue weighted by Gasteiger charge is -2.10. The first kappa shape index (κ1) is 23.7. The minimum Gasteiger partial charge on any atom is -0.437 e. The van der Waals surface area contributed by atoms with Gasteiger partial charge in [-0.2, -0.15) is 10.2 Å². The Morgan fingerprint density at radius 1 is 0.600 bits per heavy atom.